The Morgan fingerprint density at radius 3 is 2.68 bits per heavy atom. The Bertz CT molecular complexity index is 697. The summed E-state index contributed by atoms with van der Waals surface area (Å²) in [5, 5.41) is 2.93. The summed E-state index contributed by atoms with van der Waals surface area (Å²) in [6, 6.07) is 10.6. The zero-order valence-corrected chi connectivity index (χ0v) is 14.5. The van der Waals surface area contributed by atoms with E-state index in [1.54, 1.807) is 12.1 Å². The lowest BCUT2D eigenvalue weighted by Crippen LogP contribution is -2.17. The maximum Gasteiger partial charge on any atom is 0.228 e. The molecule has 0 aromatic heterocycles. The Morgan fingerprint density at radius 2 is 2.00 bits per heavy atom. The zero-order valence-electron chi connectivity index (χ0n) is 12.9. The van der Waals surface area contributed by atoms with Crippen LogP contribution < -0.4 is 5.32 Å². The maximum absolute atomic E-state index is 13.8. The SMILES string of the molecule is Cc1cccc(C(C)C)c1NC(=O)Cc1cc(Br)ccc1F. The first-order chi connectivity index (χ1) is 10.4. The van der Waals surface area contributed by atoms with Crippen molar-refractivity contribution in [2.45, 2.75) is 33.1 Å². The molecule has 0 unspecified atom stereocenters. The topological polar surface area (TPSA) is 29.1 Å². The van der Waals surface area contributed by atoms with Gasteiger partial charge in [-0.2, -0.15) is 0 Å². The summed E-state index contributed by atoms with van der Waals surface area (Å²) in [4.78, 5) is 12.3. The van der Waals surface area contributed by atoms with Crippen LogP contribution in [0.5, 0.6) is 0 Å². The number of halogens is 2. The molecule has 0 saturated heterocycles. The van der Waals surface area contributed by atoms with Crippen LogP contribution in [-0.4, -0.2) is 5.91 Å². The summed E-state index contributed by atoms with van der Waals surface area (Å²) in [5.41, 5.74) is 3.31. The average molecular weight is 364 g/mol. The summed E-state index contributed by atoms with van der Waals surface area (Å²) in [6.45, 7) is 6.12. The van der Waals surface area contributed by atoms with Crippen LogP contribution in [0.3, 0.4) is 0 Å². The van der Waals surface area contributed by atoms with E-state index >= 15 is 0 Å². The molecule has 0 heterocycles. The highest BCUT2D eigenvalue weighted by molar-refractivity contribution is 9.10. The van der Waals surface area contributed by atoms with E-state index in [0.29, 0.717) is 11.5 Å². The van der Waals surface area contributed by atoms with Crippen LogP contribution in [0.2, 0.25) is 0 Å². The van der Waals surface area contributed by atoms with E-state index in [4.69, 9.17) is 0 Å². The van der Waals surface area contributed by atoms with Gasteiger partial charge < -0.3 is 5.32 Å². The van der Waals surface area contributed by atoms with E-state index < -0.39 is 0 Å². The molecule has 0 fully saturated rings. The van der Waals surface area contributed by atoms with Gasteiger partial charge in [0.2, 0.25) is 5.91 Å². The second kappa shape index (κ2) is 7.05. The van der Waals surface area contributed by atoms with Crippen molar-refractivity contribution in [2.75, 3.05) is 5.32 Å². The van der Waals surface area contributed by atoms with E-state index in [-0.39, 0.29) is 18.1 Å². The maximum atomic E-state index is 13.8. The predicted molar refractivity (Wildman–Crippen MR) is 91.7 cm³/mol. The van der Waals surface area contributed by atoms with Gasteiger partial charge in [0, 0.05) is 10.2 Å². The van der Waals surface area contributed by atoms with Crippen molar-refractivity contribution in [3.63, 3.8) is 0 Å². The lowest BCUT2D eigenvalue weighted by atomic mass is 9.98. The van der Waals surface area contributed by atoms with E-state index in [2.05, 4.69) is 35.1 Å². The van der Waals surface area contributed by atoms with Gasteiger partial charge >= 0.3 is 0 Å². The van der Waals surface area contributed by atoms with Gasteiger partial charge in [-0.3, -0.25) is 4.79 Å². The quantitative estimate of drug-likeness (QED) is 0.794. The fraction of sp³-hybridized carbons (Fsp3) is 0.278. The molecule has 0 aliphatic heterocycles. The Hall–Kier alpha value is -1.68. The Morgan fingerprint density at radius 1 is 1.27 bits per heavy atom. The van der Waals surface area contributed by atoms with Crippen LogP contribution in [0.15, 0.2) is 40.9 Å². The number of nitrogens with one attached hydrogen (secondary N) is 1. The number of carbonyl (C=O) groups is 1. The third-order valence-electron chi connectivity index (χ3n) is 3.55. The summed E-state index contributed by atoms with van der Waals surface area (Å²) in [7, 11) is 0. The Kier molecular flexibility index (Phi) is 5.35. The molecule has 0 atom stereocenters. The number of carbonyl (C=O) groups excluding carboxylic acids is 1. The van der Waals surface area contributed by atoms with Crippen molar-refractivity contribution in [1.82, 2.24) is 0 Å². The molecule has 0 saturated carbocycles. The van der Waals surface area contributed by atoms with E-state index in [9.17, 15) is 9.18 Å². The van der Waals surface area contributed by atoms with Gasteiger partial charge in [-0.15, -0.1) is 0 Å². The molecule has 4 heteroatoms. The third kappa shape index (κ3) is 3.95. The smallest absolute Gasteiger partial charge is 0.228 e. The number of amides is 1. The molecule has 2 aromatic carbocycles. The number of rotatable bonds is 4. The third-order valence-corrected chi connectivity index (χ3v) is 4.04. The summed E-state index contributed by atoms with van der Waals surface area (Å²) >= 11 is 3.30. The Balaban J connectivity index is 2.21. The van der Waals surface area contributed by atoms with Crippen molar-refractivity contribution in [2.24, 2.45) is 0 Å². The van der Waals surface area contributed by atoms with Crippen LogP contribution >= 0.6 is 15.9 Å². The largest absolute Gasteiger partial charge is 0.325 e. The predicted octanol–water partition coefficient (Wildman–Crippen LogP) is 5.20. The van der Waals surface area contributed by atoms with Gasteiger partial charge in [-0.25, -0.2) is 4.39 Å². The molecule has 0 aliphatic rings. The van der Waals surface area contributed by atoms with Gasteiger partial charge in [-0.1, -0.05) is 48.0 Å². The molecule has 1 amide bonds. The van der Waals surface area contributed by atoms with Crippen molar-refractivity contribution in [3.05, 3.63) is 63.4 Å². The lowest BCUT2D eigenvalue weighted by Gasteiger charge is -2.16. The number of anilines is 1. The van der Waals surface area contributed by atoms with Crippen molar-refractivity contribution in [3.8, 4) is 0 Å². The van der Waals surface area contributed by atoms with Crippen molar-refractivity contribution >= 4 is 27.5 Å². The number of aryl methyl sites for hydroxylation is 1. The molecule has 1 N–H and O–H groups in total. The molecule has 0 radical (unpaired) electrons. The molecule has 2 rings (SSSR count). The van der Waals surface area contributed by atoms with Gasteiger partial charge in [0.25, 0.3) is 0 Å². The molecule has 0 spiro atoms. The lowest BCUT2D eigenvalue weighted by molar-refractivity contribution is -0.115. The monoisotopic (exact) mass is 363 g/mol. The average Bonchev–Trinajstić information content (AvgIpc) is 2.44. The van der Waals surface area contributed by atoms with Gasteiger partial charge in [0.15, 0.2) is 0 Å². The second-order valence-corrected chi connectivity index (χ2v) is 6.57. The molecular weight excluding hydrogens is 345 g/mol. The number of hydrogen-bond acceptors (Lipinski definition) is 1. The van der Waals surface area contributed by atoms with Crippen LogP contribution in [0.1, 0.15) is 36.5 Å². The molecule has 116 valence electrons. The fourth-order valence-corrected chi connectivity index (χ4v) is 2.79. The zero-order chi connectivity index (χ0) is 16.3. The highest BCUT2D eigenvalue weighted by Crippen LogP contribution is 2.27. The van der Waals surface area contributed by atoms with Gasteiger partial charge in [0.05, 0.1) is 6.42 Å². The standard InChI is InChI=1S/C18H19BrFNO/c1-11(2)15-6-4-5-12(3)18(15)21-17(22)10-13-9-14(19)7-8-16(13)20/h4-9,11H,10H2,1-3H3,(H,21,22). The van der Waals surface area contributed by atoms with Gasteiger partial charge in [-0.05, 0) is 47.7 Å². The first-order valence-corrected chi connectivity index (χ1v) is 8.01. The number of benzene rings is 2. The van der Waals surface area contributed by atoms with Crippen LogP contribution in [0, 0.1) is 12.7 Å². The summed E-state index contributed by atoms with van der Waals surface area (Å²) in [5.74, 6) is -0.279. The van der Waals surface area contributed by atoms with E-state index in [0.717, 1.165) is 21.3 Å². The first-order valence-electron chi connectivity index (χ1n) is 7.21. The molecule has 2 nitrogen and oxygen atoms in total. The molecular formula is C18H19BrFNO. The summed E-state index contributed by atoms with van der Waals surface area (Å²) < 4.78 is 14.5. The molecule has 0 aliphatic carbocycles. The highest BCUT2D eigenvalue weighted by atomic mass is 79.9. The van der Waals surface area contributed by atoms with Crippen molar-refractivity contribution < 1.29 is 9.18 Å². The fourth-order valence-electron chi connectivity index (χ4n) is 2.38. The first kappa shape index (κ1) is 16.7. The van der Waals surface area contributed by atoms with Crippen LogP contribution in [0.25, 0.3) is 0 Å². The second-order valence-electron chi connectivity index (χ2n) is 5.65. The highest BCUT2D eigenvalue weighted by Gasteiger charge is 2.14. The van der Waals surface area contributed by atoms with E-state index in [1.807, 2.05) is 25.1 Å². The minimum atomic E-state index is -0.368. The van der Waals surface area contributed by atoms with Crippen molar-refractivity contribution in [1.29, 1.82) is 0 Å². The number of para-hydroxylation sites is 1. The molecule has 2 aromatic rings. The van der Waals surface area contributed by atoms with Crippen LogP contribution in [-0.2, 0) is 11.2 Å². The molecule has 22 heavy (non-hydrogen) atoms. The Labute approximate surface area is 138 Å². The van der Waals surface area contributed by atoms with Crippen LogP contribution in [0.4, 0.5) is 10.1 Å². The number of hydrogen-bond donors (Lipinski definition) is 1. The molecule has 0 bridgehead atoms. The van der Waals surface area contributed by atoms with E-state index in [1.165, 1.54) is 6.07 Å². The normalized spacial score (nSPS) is 10.8. The minimum Gasteiger partial charge on any atom is -0.325 e. The summed E-state index contributed by atoms with van der Waals surface area (Å²) in [6.07, 6.45) is 0.0111. The van der Waals surface area contributed by atoms with Gasteiger partial charge in [0.1, 0.15) is 5.82 Å². The minimum absolute atomic E-state index is 0.0111.